The molecular weight excluding hydrogens is 387 g/mol. The Morgan fingerprint density at radius 2 is 2.04 bits per heavy atom. The van der Waals surface area contributed by atoms with Crippen LogP contribution < -0.4 is 15.6 Å². The van der Waals surface area contributed by atoms with E-state index in [9.17, 15) is 9.18 Å². The molecular formula is C18H19BrFN4O+. The molecule has 1 aromatic carbocycles. The van der Waals surface area contributed by atoms with E-state index in [1.807, 2.05) is 18.2 Å². The molecule has 7 heteroatoms. The maximum atomic E-state index is 13.3. The number of hydrogen-bond acceptors (Lipinski definition) is 3. The van der Waals surface area contributed by atoms with Gasteiger partial charge in [-0.05, 0) is 53.0 Å². The van der Waals surface area contributed by atoms with Gasteiger partial charge in [0.2, 0.25) is 5.78 Å². The Morgan fingerprint density at radius 1 is 1.28 bits per heavy atom. The van der Waals surface area contributed by atoms with Gasteiger partial charge in [-0.25, -0.2) is 14.4 Å². The van der Waals surface area contributed by atoms with Crippen LogP contribution in [-0.2, 0) is 4.79 Å². The molecule has 0 bridgehead atoms. The molecule has 0 aliphatic carbocycles. The average molecular weight is 406 g/mol. The summed E-state index contributed by atoms with van der Waals surface area (Å²) in [5.41, 5.74) is 6.51. The van der Waals surface area contributed by atoms with E-state index >= 15 is 0 Å². The summed E-state index contributed by atoms with van der Waals surface area (Å²) in [5.74, 6) is 0.448. The van der Waals surface area contributed by atoms with E-state index in [0.29, 0.717) is 10.2 Å². The Balaban J connectivity index is 1.63. The minimum atomic E-state index is -0.364. The number of pyridine rings is 1. The summed E-state index contributed by atoms with van der Waals surface area (Å²) in [5, 5.41) is 0. The van der Waals surface area contributed by atoms with Gasteiger partial charge in [-0.3, -0.25) is 10.5 Å². The highest BCUT2D eigenvalue weighted by atomic mass is 79.9. The molecule has 5 nitrogen and oxygen atoms in total. The van der Waals surface area contributed by atoms with Crippen molar-refractivity contribution in [2.75, 3.05) is 18.0 Å². The fourth-order valence-electron chi connectivity index (χ4n) is 2.92. The number of aromatic nitrogens is 1. The van der Waals surface area contributed by atoms with E-state index in [1.54, 1.807) is 18.3 Å². The summed E-state index contributed by atoms with van der Waals surface area (Å²) in [6.07, 6.45) is 3.22. The Hall–Kier alpha value is -2.28. The molecule has 0 radical (unpaired) electrons. The van der Waals surface area contributed by atoms with Crippen LogP contribution in [0.15, 0.2) is 47.1 Å². The fraction of sp³-hybridized carbons (Fsp3) is 0.278. The standard InChI is InChI=1S/C18H18BrFN4O/c19-14-11-13(4-5-15(14)20)23-18(21)17(25)12-6-9-24(10-7-12)16-3-1-2-8-22-16/h1-5,8,11-12H,6-7,9-10H2,(H2,21,23)/p+1. The highest BCUT2D eigenvalue weighted by molar-refractivity contribution is 9.10. The second-order valence-electron chi connectivity index (χ2n) is 5.98. The summed E-state index contributed by atoms with van der Waals surface area (Å²) in [4.78, 5) is 21.9. The van der Waals surface area contributed by atoms with Crippen molar-refractivity contribution >= 4 is 39.1 Å². The van der Waals surface area contributed by atoms with Crippen LogP contribution in [0.3, 0.4) is 0 Å². The molecule has 1 aromatic heterocycles. The molecule has 0 unspecified atom stereocenters. The van der Waals surface area contributed by atoms with E-state index in [-0.39, 0.29) is 23.4 Å². The van der Waals surface area contributed by atoms with Gasteiger partial charge in [0.15, 0.2) is 0 Å². The lowest BCUT2D eigenvalue weighted by Gasteiger charge is -2.31. The molecule has 0 atom stereocenters. The molecule has 25 heavy (non-hydrogen) atoms. The lowest BCUT2D eigenvalue weighted by atomic mass is 9.92. The number of halogens is 2. The van der Waals surface area contributed by atoms with Crippen molar-refractivity contribution in [1.29, 1.82) is 0 Å². The summed E-state index contributed by atoms with van der Waals surface area (Å²) < 4.78 is 13.6. The summed E-state index contributed by atoms with van der Waals surface area (Å²) in [6.45, 7) is 1.53. The number of nitrogens with one attached hydrogen (secondary N) is 1. The van der Waals surface area contributed by atoms with Crippen LogP contribution >= 0.6 is 15.9 Å². The van der Waals surface area contributed by atoms with Gasteiger partial charge in [-0.2, -0.15) is 0 Å². The van der Waals surface area contributed by atoms with Crippen LogP contribution in [0.1, 0.15) is 12.8 Å². The second kappa shape index (κ2) is 7.74. The average Bonchev–Trinajstić information content (AvgIpc) is 2.65. The molecule has 1 saturated heterocycles. The molecule has 130 valence electrons. The van der Waals surface area contributed by atoms with E-state index in [1.165, 1.54) is 6.07 Å². The zero-order valence-corrected chi connectivity index (χ0v) is 15.2. The lowest BCUT2D eigenvalue weighted by molar-refractivity contribution is -0.354. The molecule has 3 rings (SSSR count). The predicted octanol–water partition coefficient (Wildman–Crippen LogP) is 1.54. The third kappa shape index (κ3) is 4.22. The largest absolute Gasteiger partial charge is 0.357 e. The smallest absolute Gasteiger partial charge is 0.314 e. The number of carbonyl (C=O) groups is 1. The Kier molecular flexibility index (Phi) is 5.43. The van der Waals surface area contributed by atoms with Gasteiger partial charge >= 0.3 is 5.84 Å². The lowest BCUT2D eigenvalue weighted by Crippen LogP contribution is -2.72. The van der Waals surface area contributed by atoms with Crippen molar-refractivity contribution in [1.82, 2.24) is 4.98 Å². The van der Waals surface area contributed by atoms with Gasteiger partial charge in [0, 0.05) is 31.3 Å². The van der Waals surface area contributed by atoms with Crippen LogP contribution in [0.25, 0.3) is 0 Å². The third-order valence-electron chi connectivity index (χ3n) is 4.30. The van der Waals surface area contributed by atoms with Crippen molar-refractivity contribution in [3.8, 4) is 0 Å². The number of carbonyl (C=O) groups excluding carboxylic acids is 1. The number of hydrogen-bond donors (Lipinski definition) is 2. The number of nitrogens with zero attached hydrogens (tertiary/aromatic N) is 2. The van der Waals surface area contributed by atoms with Crippen molar-refractivity contribution in [2.24, 2.45) is 11.7 Å². The third-order valence-corrected chi connectivity index (χ3v) is 4.91. The van der Waals surface area contributed by atoms with Crippen LogP contribution in [0.5, 0.6) is 0 Å². The van der Waals surface area contributed by atoms with Crippen LogP contribution in [-0.4, -0.2) is 29.7 Å². The molecule has 0 amide bonds. The van der Waals surface area contributed by atoms with Gasteiger partial charge in [-0.15, -0.1) is 0 Å². The first-order valence-electron chi connectivity index (χ1n) is 8.09. The number of amidine groups is 1. The molecule has 0 spiro atoms. The van der Waals surface area contributed by atoms with Crippen LogP contribution in [0.2, 0.25) is 0 Å². The van der Waals surface area contributed by atoms with Crippen molar-refractivity contribution < 1.29 is 14.2 Å². The minimum Gasteiger partial charge on any atom is -0.357 e. The number of piperidine rings is 1. The van der Waals surface area contributed by atoms with Gasteiger partial charge in [0.1, 0.15) is 17.3 Å². The molecule has 2 aromatic rings. The first-order chi connectivity index (χ1) is 12.0. The fourth-order valence-corrected chi connectivity index (χ4v) is 3.30. The van der Waals surface area contributed by atoms with Gasteiger partial charge in [-0.1, -0.05) is 6.07 Å². The Morgan fingerprint density at radius 3 is 2.68 bits per heavy atom. The molecule has 1 aliphatic heterocycles. The normalized spacial score (nSPS) is 16.1. The van der Waals surface area contributed by atoms with E-state index in [4.69, 9.17) is 5.73 Å². The van der Waals surface area contributed by atoms with Crippen molar-refractivity contribution in [2.45, 2.75) is 12.8 Å². The SMILES string of the molecule is NC(=[NH+]c1ccc(F)c(Br)c1)C(=O)C1CCN(c2ccccn2)CC1. The summed E-state index contributed by atoms with van der Waals surface area (Å²) in [7, 11) is 0. The number of nitrogens with two attached hydrogens (primary N) is 1. The number of ketones is 1. The van der Waals surface area contributed by atoms with Crippen LogP contribution in [0, 0.1) is 11.7 Å². The highest BCUT2D eigenvalue weighted by Crippen LogP contribution is 2.22. The molecule has 2 heterocycles. The van der Waals surface area contributed by atoms with Crippen molar-refractivity contribution in [3.05, 3.63) is 52.9 Å². The zero-order valence-electron chi connectivity index (χ0n) is 13.6. The van der Waals surface area contributed by atoms with Gasteiger partial charge in [0.05, 0.1) is 4.47 Å². The molecule has 1 fully saturated rings. The van der Waals surface area contributed by atoms with Gasteiger partial charge < -0.3 is 4.90 Å². The Labute approximate surface area is 153 Å². The van der Waals surface area contributed by atoms with Crippen molar-refractivity contribution in [3.63, 3.8) is 0 Å². The number of benzene rings is 1. The molecule has 1 aliphatic rings. The zero-order chi connectivity index (χ0) is 17.8. The van der Waals surface area contributed by atoms with E-state index < -0.39 is 0 Å². The van der Waals surface area contributed by atoms with Gasteiger partial charge in [0.25, 0.3) is 0 Å². The number of rotatable bonds is 4. The predicted molar refractivity (Wildman–Crippen MR) is 98.1 cm³/mol. The Bertz CT molecular complexity index is 789. The highest BCUT2D eigenvalue weighted by Gasteiger charge is 2.30. The maximum Gasteiger partial charge on any atom is 0.314 e. The van der Waals surface area contributed by atoms with E-state index in [0.717, 1.165) is 31.7 Å². The minimum absolute atomic E-state index is 0.0924. The van der Waals surface area contributed by atoms with Crippen LogP contribution in [0.4, 0.5) is 15.9 Å². The number of Topliss-reactive ketones (excluding diaryl/α,β-unsaturated/α-hetero) is 1. The first kappa shape index (κ1) is 17.5. The second-order valence-corrected chi connectivity index (χ2v) is 6.84. The quantitative estimate of drug-likeness (QED) is 0.597. The van der Waals surface area contributed by atoms with E-state index in [2.05, 4.69) is 30.8 Å². The topological polar surface area (TPSA) is 73.2 Å². The summed E-state index contributed by atoms with van der Waals surface area (Å²) in [6, 6.07) is 10.2. The monoisotopic (exact) mass is 405 g/mol. The maximum absolute atomic E-state index is 13.3. The first-order valence-corrected chi connectivity index (χ1v) is 8.88. The molecule has 3 N–H and O–H groups in total. The summed E-state index contributed by atoms with van der Waals surface area (Å²) >= 11 is 3.12. The number of anilines is 1. The molecule has 0 saturated carbocycles.